The van der Waals surface area contributed by atoms with E-state index in [0.29, 0.717) is 12.5 Å². The van der Waals surface area contributed by atoms with Gasteiger partial charge in [-0.1, -0.05) is 6.07 Å². The molecule has 4 nitrogen and oxygen atoms in total. The maximum absolute atomic E-state index is 5.71. The molecule has 1 fully saturated rings. The Bertz CT molecular complexity index is 516. The number of rotatable bonds is 2. The van der Waals surface area contributed by atoms with Gasteiger partial charge in [0.15, 0.2) is 11.5 Å². The molecule has 1 aliphatic heterocycles. The lowest BCUT2D eigenvalue weighted by atomic mass is 10.1. The number of hydrogen-bond donors (Lipinski definition) is 1. The van der Waals surface area contributed by atoms with E-state index in [-0.39, 0.29) is 0 Å². The van der Waals surface area contributed by atoms with Crippen LogP contribution in [0.3, 0.4) is 0 Å². The van der Waals surface area contributed by atoms with Crippen LogP contribution < -0.4 is 5.73 Å². The first-order valence-electron chi connectivity index (χ1n) is 6.01. The highest BCUT2D eigenvalue weighted by Crippen LogP contribution is 2.29. The molecule has 0 bridgehead atoms. The zero-order valence-electron chi connectivity index (χ0n) is 9.67. The lowest BCUT2D eigenvalue weighted by Crippen LogP contribution is -2.11. The van der Waals surface area contributed by atoms with Gasteiger partial charge in [-0.3, -0.25) is 0 Å². The summed E-state index contributed by atoms with van der Waals surface area (Å²) in [6.07, 6.45) is 2.48. The fourth-order valence-corrected chi connectivity index (χ4v) is 3.39. The Morgan fingerprint density at radius 2 is 2.41 bits per heavy atom. The van der Waals surface area contributed by atoms with Crippen LogP contribution in [0.1, 0.15) is 30.3 Å². The number of fused-ring (bicyclic) bond motifs is 1. The molecule has 1 saturated heterocycles. The first-order valence-corrected chi connectivity index (χ1v) is 7.16. The van der Waals surface area contributed by atoms with E-state index in [0.717, 1.165) is 22.9 Å². The Morgan fingerprint density at radius 3 is 3.18 bits per heavy atom. The molecule has 3 rings (SSSR count). The average Bonchev–Trinajstić information content (AvgIpc) is 2.83. The van der Waals surface area contributed by atoms with Crippen molar-refractivity contribution in [3.63, 3.8) is 0 Å². The van der Waals surface area contributed by atoms with Crippen LogP contribution in [0.2, 0.25) is 0 Å². The normalized spacial score (nSPS) is 20.9. The van der Waals surface area contributed by atoms with E-state index in [9.17, 15) is 0 Å². The molecule has 1 unspecified atom stereocenters. The third-order valence-electron chi connectivity index (χ3n) is 3.19. The molecular weight excluding hydrogens is 232 g/mol. The van der Waals surface area contributed by atoms with Gasteiger partial charge < -0.3 is 5.73 Å². The molecule has 3 heterocycles. The second-order valence-corrected chi connectivity index (χ2v) is 5.53. The van der Waals surface area contributed by atoms with Gasteiger partial charge in [0.05, 0.1) is 5.69 Å². The number of nitrogens with zero attached hydrogens (tertiary/aromatic N) is 3. The Balaban J connectivity index is 2.00. The smallest absolute Gasteiger partial charge is 0.155 e. The maximum Gasteiger partial charge on any atom is 0.155 e. The van der Waals surface area contributed by atoms with Crippen LogP contribution in [0.25, 0.3) is 5.65 Å². The fourth-order valence-electron chi connectivity index (χ4n) is 2.25. The summed E-state index contributed by atoms with van der Waals surface area (Å²) in [5.74, 6) is 3.92. The highest BCUT2D eigenvalue weighted by molar-refractivity contribution is 7.99. The van der Waals surface area contributed by atoms with E-state index in [4.69, 9.17) is 5.73 Å². The molecule has 0 spiro atoms. The van der Waals surface area contributed by atoms with Crippen LogP contribution >= 0.6 is 11.8 Å². The Kier molecular flexibility index (Phi) is 3.03. The summed E-state index contributed by atoms with van der Waals surface area (Å²) >= 11 is 2.00. The molecule has 1 atom stereocenters. The van der Waals surface area contributed by atoms with Gasteiger partial charge in [-0.05, 0) is 30.7 Å². The maximum atomic E-state index is 5.71. The van der Waals surface area contributed by atoms with Crippen molar-refractivity contribution in [1.82, 2.24) is 14.6 Å². The Labute approximate surface area is 105 Å². The lowest BCUT2D eigenvalue weighted by molar-refractivity contribution is 0.620. The quantitative estimate of drug-likeness (QED) is 0.880. The van der Waals surface area contributed by atoms with Crippen molar-refractivity contribution in [3.8, 4) is 0 Å². The summed E-state index contributed by atoms with van der Waals surface area (Å²) in [5.41, 5.74) is 7.64. The van der Waals surface area contributed by atoms with Gasteiger partial charge in [0, 0.05) is 18.2 Å². The molecule has 90 valence electrons. The van der Waals surface area contributed by atoms with E-state index in [1.807, 2.05) is 34.5 Å². The van der Waals surface area contributed by atoms with Crippen LogP contribution in [0.5, 0.6) is 0 Å². The van der Waals surface area contributed by atoms with E-state index in [2.05, 4.69) is 10.1 Å². The zero-order valence-corrected chi connectivity index (χ0v) is 10.5. The first-order chi connectivity index (χ1) is 8.38. The molecule has 0 aromatic carbocycles. The first kappa shape index (κ1) is 11.0. The molecule has 2 aromatic rings. The second-order valence-electron chi connectivity index (χ2n) is 4.38. The number of thioether (sulfide) groups is 1. The SMILES string of the molecule is NCc1cccc2nc(C3CCCSC3)nn12. The number of nitrogens with two attached hydrogens (primary N) is 1. The van der Waals surface area contributed by atoms with Gasteiger partial charge in [0.2, 0.25) is 0 Å². The van der Waals surface area contributed by atoms with Crippen molar-refractivity contribution in [2.24, 2.45) is 5.73 Å². The van der Waals surface area contributed by atoms with Crippen molar-refractivity contribution in [2.75, 3.05) is 11.5 Å². The van der Waals surface area contributed by atoms with E-state index >= 15 is 0 Å². The minimum Gasteiger partial charge on any atom is -0.325 e. The van der Waals surface area contributed by atoms with Crippen molar-refractivity contribution in [2.45, 2.75) is 25.3 Å². The molecule has 2 aromatic heterocycles. The topological polar surface area (TPSA) is 56.2 Å². The molecule has 0 radical (unpaired) electrons. The molecule has 1 aliphatic rings. The number of pyridine rings is 1. The predicted octanol–water partition coefficient (Wildman–Crippen LogP) is 1.80. The van der Waals surface area contributed by atoms with Gasteiger partial charge in [0.25, 0.3) is 0 Å². The summed E-state index contributed by atoms with van der Waals surface area (Å²) in [5, 5.41) is 4.62. The van der Waals surface area contributed by atoms with Crippen LogP contribution in [0, 0.1) is 0 Å². The molecule has 0 aliphatic carbocycles. The summed E-state index contributed by atoms with van der Waals surface area (Å²) in [6.45, 7) is 0.500. The van der Waals surface area contributed by atoms with E-state index < -0.39 is 0 Å². The van der Waals surface area contributed by atoms with Crippen LogP contribution in [-0.2, 0) is 6.54 Å². The molecule has 2 N–H and O–H groups in total. The Morgan fingerprint density at radius 1 is 1.47 bits per heavy atom. The van der Waals surface area contributed by atoms with Crippen molar-refractivity contribution < 1.29 is 0 Å². The van der Waals surface area contributed by atoms with Gasteiger partial charge >= 0.3 is 0 Å². The second kappa shape index (κ2) is 4.66. The Hall–Kier alpha value is -1.07. The highest BCUT2D eigenvalue weighted by Gasteiger charge is 2.20. The highest BCUT2D eigenvalue weighted by atomic mass is 32.2. The van der Waals surface area contributed by atoms with Crippen LogP contribution in [0.4, 0.5) is 0 Å². The molecule has 0 amide bonds. The number of hydrogen-bond acceptors (Lipinski definition) is 4. The fraction of sp³-hybridized carbons (Fsp3) is 0.500. The predicted molar refractivity (Wildman–Crippen MR) is 70.2 cm³/mol. The molecular formula is C12H16N4S. The summed E-state index contributed by atoms with van der Waals surface area (Å²) in [6, 6.07) is 5.98. The largest absolute Gasteiger partial charge is 0.325 e. The van der Waals surface area contributed by atoms with E-state index in [1.54, 1.807) is 0 Å². The summed E-state index contributed by atoms with van der Waals surface area (Å²) in [4.78, 5) is 4.63. The third-order valence-corrected chi connectivity index (χ3v) is 4.40. The lowest BCUT2D eigenvalue weighted by Gasteiger charge is -2.17. The zero-order chi connectivity index (χ0) is 11.7. The standard InChI is InChI=1S/C12H16N4S/c13-7-10-4-1-5-11-14-12(15-16(10)11)9-3-2-6-17-8-9/h1,4-5,9H,2-3,6-8,13H2. The number of aromatic nitrogens is 3. The van der Waals surface area contributed by atoms with Crippen molar-refractivity contribution in [3.05, 3.63) is 29.7 Å². The van der Waals surface area contributed by atoms with Crippen LogP contribution in [0.15, 0.2) is 18.2 Å². The van der Waals surface area contributed by atoms with Gasteiger partial charge in [0.1, 0.15) is 0 Å². The van der Waals surface area contributed by atoms with Crippen LogP contribution in [-0.4, -0.2) is 26.1 Å². The monoisotopic (exact) mass is 248 g/mol. The van der Waals surface area contributed by atoms with Crippen molar-refractivity contribution in [1.29, 1.82) is 0 Å². The molecule has 0 saturated carbocycles. The average molecular weight is 248 g/mol. The van der Waals surface area contributed by atoms with Gasteiger partial charge in [-0.25, -0.2) is 9.50 Å². The minimum absolute atomic E-state index is 0.500. The summed E-state index contributed by atoms with van der Waals surface area (Å²) < 4.78 is 1.88. The van der Waals surface area contributed by atoms with E-state index in [1.165, 1.54) is 18.6 Å². The summed E-state index contributed by atoms with van der Waals surface area (Å²) in [7, 11) is 0. The minimum atomic E-state index is 0.500. The van der Waals surface area contributed by atoms with Gasteiger partial charge in [-0.2, -0.15) is 16.9 Å². The van der Waals surface area contributed by atoms with Crippen molar-refractivity contribution >= 4 is 17.4 Å². The molecule has 17 heavy (non-hydrogen) atoms. The third kappa shape index (κ3) is 2.05. The van der Waals surface area contributed by atoms with Gasteiger partial charge in [-0.15, -0.1) is 0 Å². The molecule has 5 heteroatoms.